The van der Waals surface area contributed by atoms with Crippen LogP contribution < -0.4 is 14.8 Å². The molecule has 2 aromatic rings. The maximum absolute atomic E-state index is 13.6. The predicted octanol–water partition coefficient (Wildman–Crippen LogP) is 4.41. The van der Waals surface area contributed by atoms with Crippen LogP contribution in [0.1, 0.15) is 5.56 Å². The lowest BCUT2D eigenvalue weighted by Crippen LogP contribution is -2.25. The van der Waals surface area contributed by atoms with Gasteiger partial charge in [-0.25, -0.2) is 4.39 Å². The van der Waals surface area contributed by atoms with Gasteiger partial charge in [-0.05, 0) is 30.3 Å². The van der Waals surface area contributed by atoms with E-state index >= 15 is 0 Å². The summed E-state index contributed by atoms with van der Waals surface area (Å²) in [5.41, 5.74) is 0.861. The second-order valence-corrected chi connectivity index (χ2v) is 4.85. The molecule has 0 bridgehead atoms. The fraction of sp³-hybridized carbons (Fsp3) is 0.143. The van der Waals surface area contributed by atoms with Crippen LogP contribution in [0.3, 0.4) is 0 Å². The molecule has 0 aromatic heterocycles. The van der Waals surface area contributed by atoms with Crippen LogP contribution in [0.25, 0.3) is 0 Å². The summed E-state index contributed by atoms with van der Waals surface area (Å²) < 4.78 is 48.0. The van der Waals surface area contributed by atoms with Gasteiger partial charge in [-0.1, -0.05) is 11.6 Å². The van der Waals surface area contributed by atoms with Gasteiger partial charge in [-0.15, -0.1) is 8.78 Å². The number of hydrogen-bond acceptors (Lipinski definition) is 3. The largest absolute Gasteiger partial charge is 0.586 e. The highest BCUT2D eigenvalue weighted by Crippen LogP contribution is 2.42. The molecule has 0 saturated carbocycles. The molecule has 21 heavy (non-hydrogen) atoms. The molecular weight excluding hydrogens is 307 g/mol. The molecule has 0 fully saturated rings. The lowest BCUT2D eigenvalue weighted by Gasteiger charge is -2.08. The van der Waals surface area contributed by atoms with E-state index in [0.717, 1.165) is 0 Å². The normalized spacial score (nSPS) is 15.0. The molecule has 110 valence electrons. The van der Waals surface area contributed by atoms with Crippen LogP contribution in [-0.2, 0) is 6.54 Å². The van der Waals surface area contributed by atoms with Crippen molar-refractivity contribution >= 4 is 17.3 Å². The van der Waals surface area contributed by atoms with Crippen LogP contribution in [-0.4, -0.2) is 6.29 Å². The van der Waals surface area contributed by atoms with E-state index in [9.17, 15) is 13.2 Å². The van der Waals surface area contributed by atoms with Gasteiger partial charge < -0.3 is 14.8 Å². The Labute approximate surface area is 123 Å². The van der Waals surface area contributed by atoms with Crippen molar-refractivity contribution in [1.29, 1.82) is 0 Å². The molecule has 0 atom stereocenters. The van der Waals surface area contributed by atoms with Gasteiger partial charge in [-0.3, -0.25) is 0 Å². The second kappa shape index (κ2) is 5.04. The van der Waals surface area contributed by atoms with Gasteiger partial charge in [0.05, 0.1) is 0 Å². The first kappa shape index (κ1) is 13.9. The minimum atomic E-state index is -3.65. The molecule has 0 saturated heterocycles. The Morgan fingerprint density at radius 3 is 2.62 bits per heavy atom. The van der Waals surface area contributed by atoms with Gasteiger partial charge in [0, 0.05) is 28.9 Å². The van der Waals surface area contributed by atoms with Gasteiger partial charge in [0.1, 0.15) is 5.82 Å². The van der Waals surface area contributed by atoms with E-state index in [1.807, 2.05) is 0 Å². The Morgan fingerprint density at radius 1 is 1.05 bits per heavy atom. The van der Waals surface area contributed by atoms with Crippen molar-refractivity contribution in [3.05, 3.63) is 52.8 Å². The van der Waals surface area contributed by atoms with Gasteiger partial charge in [0.15, 0.2) is 11.5 Å². The van der Waals surface area contributed by atoms with Crippen LogP contribution in [0.15, 0.2) is 36.4 Å². The number of hydrogen-bond donors (Lipinski definition) is 1. The molecular formula is C14H9ClF3NO2. The first-order valence-electron chi connectivity index (χ1n) is 6.01. The number of anilines is 1. The van der Waals surface area contributed by atoms with Gasteiger partial charge in [0.25, 0.3) is 0 Å². The summed E-state index contributed by atoms with van der Waals surface area (Å²) in [5, 5.41) is 3.32. The number of ether oxygens (including phenoxy) is 2. The number of alkyl halides is 2. The minimum absolute atomic E-state index is 0.0421. The van der Waals surface area contributed by atoms with Crippen molar-refractivity contribution in [2.45, 2.75) is 12.8 Å². The van der Waals surface area contributed by atoms with E-state index < -0.39 is 12.1 Å². The van der Waals surface area contributed by atoms with Crippen molar-refractivity contribution in [1.82, 2.24) is 0 Å². The fourth-order valence-corrected chi connectivity index (χ4v) is 2.13. The molecule has 1 heterocycles. The van der Waals surface area contributed by atoms with E-state index in [2.05, 4.69) is 14.8 Å². The Balaban J connectivity index is 1.74. The minimum Gasteiger partial charge on any atom is -0.395 e. The third-order valence-electron chi connectivity index (χ3n) is 2.89. The van der Waals surface area contributed by atoms with Crippen molar-refractivity contribution in [3.8, 4) is 11.5 Å². The molecule has 1 N–H and O–H groups in total. The van der Waals surface area contributed by atoms with Crippen LogP contribution in [0.4, 0.5) is 18.9 Å². The molecule has 7 heteroatoms. The highest BCUT2D eigenvalue weighted by atomic mass is 35.5. The van der Waals surface area contributed by atoms with Crippen LogP contribution >= 0.6 is 11.6 Å². The average molecular weight is 316 g/mol. The van der Waals surface area contributed by atoms with Gasteiger partial charge in [0.2, 0.25) is 0 Å². The first-order chi connectivity index (χ1) is 9.93. The van der Waals surface area contributed by atoms with Crippen LogP contribution in [0, 0.1) is 5.82 Å². The quantitative estimate of drug-likeness (QED) is 0.910. The summed E-state index contributed by atoms with van der Waals surface area (Å²) in [6, 6.07) is 8.45. The lowest BCUT2D eigenvalue weighted by atomic mass is 10.2. The Bertz CT molecular complexity index is 694. The zero-order valence-corrected chi connectivity index (χ0v) is 11.3. The highest BCUT2D eigenvalue weighted by Gasteiger charge is 2.43. The topological polar surface area (TPSA) is 30.5 Å². The molecule has 0 aliphatic carbocycles. The smallest absolute Gasteiger partial charge is 0.395 e. The zero-order chi connectivity index (χ0) is 15.0. The number of fused-ring (bicyclic) bond motifs is 1. The maximum Gasteiger partial charge on any atom is 0.586 e. The van der Waals surface area contributed by atoms with E-state index in [0.29, 0.717) is 16.3 Å². The van der Waals surface area contributed by atoms with Gasteiger partial charge >= 0.3 is 6.29 Å². The molecule has 0 radical (unpaired) electrons. The first-order valence-corrected chi connectivity index (χ1v) is 6.38. The Morgan fingerprint density at radius 2 is 1.81 bits per heavy atom. The summed E-state index contributed by atoms with van der Waals surface area (Å²) in [6.07, 6.45) is -3.65. The van der Waals surface area contributed by atoms with E-state index in [-0.39, 0.29) is 18.0 Å². The number of nitrogens with one attached hydrogen (secondary N) is 1. The molecule has 3 rings (SSSR count). The predicted molar refractivity (Wildman–Crippen MR) is 71.4 cm³/mol. The molecule has 0 spiro atoms. The SMILES string of the molecule is Fc1ccc(Cl)cc1CNc1ccc2c(c1)OC(F)(F)O2. The number of rotatable bonds is 3. The van der Waals surface area contributed by atoms with Crippen molar-refractivity contribution in [3.63, 3.8) is 0 Å². The molecule has 1 aliphatic rings. The van der Waals surface area contributed by atoms with E-state index in [4.69, 9.17) is 11.6 Å². The van der Waals surface area contributed by atoms with Crippen molar-refractivity contribution in [2.75, 3.05) is 5.32 Å². The summed E-state index contributed by atoms with van der Waals surface area (Å²) in [4.78, 5) is 0. The van der Waals surface area contributed by atoms with Crippen molar-refractivity contribution in [2.24, 2.45) is 0 Å². The standard InChI is InChI=1S/C14H9ClF3NO2/c15-9-1-3-11(16)8(5-9)7-19-10-2-4-12-13(6-10)21-14(17,18)20-12/h1-6,19H,7H2. The molecule has 0 unspecified atom stereocenters. The van der Waals surface area contributed by atoms with Crippen molar-refractivity contribution < 1.29 is 22.6 Å². The fourth-order valence-electron chi connectivity index (χ4n) is 1.94. The Kier molecular flexibility index (Phi) is 3.33. The summed E-state index contributed by atoms with van der Waals surface area (Å²) >= 11 is 5.79. The average Bonchev–Trinajstić information content (AvgIpc) is 2.72. The van der Waals surface area contributed by atoms with E-state index in [1.54, 1.807) is 0 Å². The third-order valence-corrected chi connectivity index (χ3v) is 3.13. The molecule has 2 aromatic carbocycles. The zero-order valence-electron chi connectivity index (χ0n) is 10.5. The maximum atomic E-state index is 13.6. The summed E-state index contributed by atoms with van der Waals surface area (Å²) in [7, 11) is 0. The summed E-state index contributed by atoms with van der Waals surface area (Å²) in [6.45, 7) is 0.155. The third kappa shape index (κ3) is 3.00. The van der Waals surface area contributed by atoms with Crippen LogP contribution in [0.5, 0.6) is 11.5 Å². The number of halogens is 4. The summed E-state index contributed by atoms with van der Waals surface area (Å²) in [5.74, 6) is -0.518. The number of benzene rings is 2. The Hall–Kier alpha value is -2.08. The molecule has 0 amide bonds. The molecule has 1 aliphatic heterocycles. The highest BCUT2D eigenvalue weighted by molar-refractivity contribution is 6.30. The lowest BCUT2D eigenvalue weighted by molar-refractivity contribution is -0.286. The van der Waals surface area contributed by atoms with E-state index in [1.165, 1.54) is 36.4 Å². The molecule has 3 nitrogen and oxygen atoms in total. The second-order valence-electron chi connectivity index (χ2n) is 4.42. The monoisotopic (exact) mass is 315 g/mol. The van der Waals surface area contributed by atoms with Gasteiger partial charge in [-0.2, -0.15) is 0 Å². The van der Waals surface area contributed by atoms with Crippen LogP contribution in [0.2, 0.25) is 5.02 Å².